The topological polar surface area (TPSA) is 129 Å². The number of nitrogens with two attached hydrogens (primary N) is 1. The highest BCUT2D eigenvalue weighted by molar-refractivity contribution is 6.33. The molecular formula is C23H19ClN8O. The van der Waals surface area contributed by atoms with Gasteiger partial charge < -0.3 is 15.6 Å². The molecule has 0 aliphatic carbocycles. The average molecular weight is 459 g/mol. The Morgan fingerprint density at radius 2 is 1.70 bits per heavy atom. The molecule has 2 aromatic carbocycles. The van der Waals surface area contributed by atoms with E-state index in [0.717, 1.165) is 16.6 Å². The summed E-state index contributed by atoms with van der Waals surface area (Å²) < 4.78 is 5.32. The third kappa shape index (κ3) is 3.94. The smallest absolute Gasteiger partial charge is 0.265 e. The van der Waals surface area contributed by atoms with Gasteiger partial charge in [0.2, 0.25) is 0 Å². The molecule has 0 spiro atoms. The van der Waals surface area contributed by atoms with E-state index in [1.54, 1.807) is 6.92 Å². The summed E-state index contributed by atoms with van der Waals surface area (Å²) in [4.78, 5) is 22.5. The minimum Gasteiger partial charge on any atom is -0.383 e. The Hall–Kier alpha value is -4.11. The summed E-state index contributed by atoms with van der Waals surface area (Å²) >= 11 is 6.52. The standard InChI is InChI=1S/C23H19ClN8O/c1-12(28-22-18(21(25)26-11-27-22)23-29-13(2)32-33-23)19-20(14-7-3-4-8-15(14)24)31-17-10-6-5-9-16(17)30-19/h3-12H,1-2H3,(H3,25,26,27,28). The van der Waals surface area contributed by atoms with Crippen LogP contribution >= 0.6 is 11.6 Å². The van der Waals surface area contributed by atoms with Crippen LogP contribution in [0.5, 0.6) is 0 Å². The van der Waals surface area contributed by atoms with Crippen LogP contribution in [0.1, 0.15) is 24.5 Å². The normalized spacial score (nSPS) is 12.1. The zero-order chi connectivity index (χ0) is 22.9. The molecule has 0 saturated carbocycles. The van der Waals surface area contributed by atoms with Gasteiger partial charge in [-0.15, -0.1) is 0 Å². The number of hydrogen-bond acceptors (Lipinski definition) is 9. The van der Waals surface area contributed by atoms with Crippen molar-refractivity contribution < 1.29 is 4.52 Å². The maximum atomic E-state index is 6.52. The number of nitrogens with one attached hydrogen (secondary N) is 1. The number of aryl methyl sites for hydroxylation is 1. The molecule has 0 radical (unpaired) electrons. The van der Waals surface area contributed by atoms with E-state index in [4.69, 9.17) is 31.8 Å². The maximum absolute atomic E-state index is 6.52. The van der Waals surface area contributed by atoms with E-state index in [1.807, 2.05) is 55.5 Å². The van der Waals surface area contributed by atoms with Crippen LogP contribution in [0.2, 0.25) is 5.02 Å². The molecule has 0 aliphatic rings. The Kier molecular flexibility index (Phi) is 5.31. The fourth-order valence-corrected chi connectivity index (χ4v) is 3.78. The molecule has 3 heterocycles. The van der Waals surface area contributed by atoms with Crippen molar-refractivity contribution in [2.24, 2.45) is 0 Å². The third-order valence-corrected chi connectivity index (χ3v) is 5.44. The molecule has 5 aromatic rings. The second-order valence-corrected chi connectivity index (χ2v) is 7.83. The fraction of sp³-hybridized carbons (Fsp3) is 0.130. The van der Waals surface area contributed by atoms with E-state index in [-0.39, 0.29) is 17.8 Å². The first-order chi connectivity index (χ1) is 16.0. The Balaban J connectivity index is 1.63. The van der Waals surface area contributed by atoms with E-state index in [2.05, 4.69) is 25.4 Å². The van der Waals surface area contributed by atoms with Gasteiger partial charge in [-0.2, -0.15) is 4.98 Å². The Morgan fingerprint density at radius 1 is 0.970 bits per heavy atom. The van der Waals surface area contributed by atoms with Gasteiger partial charge in [0, 0.05) is 5.56 Å². The maximum Gasteiger partial charge on any atom is 0.265 e. The van der Waals surface area contributed by atoms with Crippen LogP contribution in [0.15, 0.2) is 59.4 Å². The number of fused-ring (bicyclic) bond motifs is 1. The lowest BCUT2D eigenvalue weighted by molar-refractivity contribution is 0.425. The zero-order valence-electron chi connectivity index (χ0n) is 17.8. The van der Waals surface area contributed by atoms with Crippen LogP contribution < -0.4 is 11.1 Å². The molecule has 164 valence electrons. The zero-order valence-corrected chi connectivity index (χ0v) is 18.6. The summed E-state index contributed by atoms with van der Waals surface area (Å²) in [6, 6.07) is 14.9. The van der Waals surface area contributed by atoms with Crippen molar-refractivity contribution in [3.05, 3.63) is 71.4 Å². The van der Waals surface area contributed by atoms with Gasteiger partial charge in [0.1, 0.15) is 23.5 Å². The number of benzene rings is 2. The number of nitrogens with zero attached hydrogens (tertiary/aromatic N) is 6. The number of halogens is 1. The molecule has 9 nitrogen and oxygen atoms in total. The molecule has 33 heavy (non-hydrogen) atoms. The van der Waals surface area contributed by atoms with Crippen LogP contribution in [0, 0.1) is 6.92 Å². The van der Waals surface area contributed by atoms with Crippen molar-refractivity contribution >= 4 is 34.3 Å². The van der Waals surface area contributed by atoms with E-state index in [1.165, 1.54) is 6.33 Å². The van der Waals surface area contributed by atoms with Crippen molar-refractivity contribution in [2.45, 2.75) is 19.9 Å². The highest BCUT2D eigenvalue weighted by Gasteiger charge is 2.23. The lowest BCUT2D eigenvalue weighted by Gasteiger charge is -2.19. The fourth-order valence-electron chi connectivity index (χ4n) is 3.56. The second-order valence-electron chi connectivity index (χ2n) is 7.42. The Labute approximate surface area is 194 Å². The van der Waals surface area contributed by atoms with Crippen molar-refractivity contribution in [1.29, 1.82) is 0 Å². The lowest BCUT2D eigenvalue weighted by atomic mass is 10.0. The van der Waals surface area contributed by atoms with Crippen LogP contribution in [-0.4, -0.2) is 30.1 Å². The molecular weight excluding hydrogens is 440 g/mol. The van der Waals surface area contributed by atoms with E-state index >= 15 is 0 Å². The first-order valence-corrected chi connectivity index (χ1v) is 10.6. The monoisotopic (exact) mass is 458 g/mol. The summed E-state index contributed by atoms with van der Waals surface area (Å²) in [6.07, 6.45) is 1.37. The molecule has 3 N–H and O–H groups in total. The van der Waals surface area contributed by atoms with E-state index in [9.17, 15) is 0 Å². The number of para-hydroxylation sites is 2. The predicted octanol–water partition coefficient (Wildman–Crippen LogP) is 4.85. The average Bonchev–Trinajstić information content (AvgIpc) is 3.24. The number of hydrogen-bond donors (Lipinski definition) is 2. The largest absolute Gasteiger partial charge is 0.383 e. The lowest BCUT2D eigenvalue weighted by Crippen LogP contribution is -2.14. The Morgan fingerprint density at radius 3 is 2.42 bits per heavy atom. The van der Waals surface area contributed by atoms with Gasteiger partial charge in [-0.25, -0.2) is 19.9 Å². The Bertz CT molecular complexity index is 1470. The first kappa shape index (κ1) is 20.8. The molecule has 1 atom stereocenters. The van der Waals surface area contributed by atoms with Gasteiger partial charge in [-0.1, -0.05) is 47.1 Å². The molecule has 0 bridgehead atoms. The molecule has 0 amide bonds. The predicted molar refractivity (Wildman–Crippen MR) is 126 cm³/mol. The van der Waals surface area contributed by atoms with Crippen molar-refractivity contribution in [1.82, 2.24) is 30.1 Å². The van der Waals surface area contributed by atoms with Crippen molar-refractivity contribution in [3.8, 4) is 22.7 Å². The minimum atomic E-state index is -0.328. The molecule has 0 fully saturated rings. The summed E-state index contributed by atoms with van der Waals surface area (Å²) in [6.45, 7) is 3.68. The molecule has 0 aliphatic heterocycles. The molecule has 3 aromatic heterocycles. The molecule has 0 saturated heterocycles. The summed E-state index contributed by atoms with van der Waals surface area (Å²) in [7, 11) is 0. The molecule has 5 rings (SSSR count). The SMILES string of the molecule is Cc1noc(-c2c(N)ncnc2NC(C)c2nc3ccccc3nc2-c2ccccc2Cl)n1. The minimum absolute atomic E-state index is 0.222. The summed E-state index contributed by atoms with van der Waals surface area (Å²) in [5.74, 6) is 1.38. The number of nitrogen functional groups attached to an aromatic ring is 1. The van der Waals surface area contributed by atoms with Gasteiger partial charge in [-0.3, -0.25) is 0 Å². The molecule has 1 unspecified atom stereocenters. The van der Waals surface area contributed by atoms with Crippen LogP contribution in [-0.2, 0) is 0 Å². The van der Waals surface area contributed by atoms with Gasteiger partial charge in [0.15, 0.2) is 5.82 Å². The highest BCUT2D eigenvalue weighted by Crippen LogP contribution is 2.35. The van der Waals surface area contributed by atoms with Gasteiger partial charge >= 0.3 is 0 Å². The van der Waals surface area contributed by atoms with Gasteiger partial charge in [-0.05, 0) is 32.0 Å². The molecule has 10 heteroatoms. The first-order valence-electron chi connectivity index (χ1n) is 10.2. The highest BCUT2D eigenvalue weighted by atomic mass is 35.5. The van der Waals surface area contributed by atoms with Crippen LogP contribution in [0.3, 0.4) is 0 Å². The second kappa shape index (κ2) is 8.44. The van der Waals surface area contributed by atoms with Crippen molar-refractivity contribution in [2.75, 3.05) is 11.1 Å². The van der Waals surface area contributed by atoms with Crippen LogP contribution in [0.25, 0.3) is 33.7 Å². The van der Waals surface area contributed by atoms with Crippen molar-refractivity contribution in [3.63, 3.8) is 0 Å². The van der Waals surface area contributed by atoms with Gasteiger partial charge in [0.05, 0.1) is 33.5 Å². The third-order valence-electron chi connectivity index (χ3n) is 5.11. The van der Waals surface area contributed by atoms with Crippen LogP contribution in [0.4, 0.5) is 11.6 Å². The van der Waals surface area contributed by atoms with E-state index in [0.29, 0.717) is 33.6 Å². The number of aromatic nitrogens is 6. The quantitative estimate of drug-likeness (QED) is 0.379. The van der Waals surface area contributed by atoms with Gasteiger partial charge in [0.25, 0.3) is 5.89 Å². The number of anilines is 2. The summed E-state index contributed by atoms with van der Waals surface area (Å²) in [5, 5.41) is 7.80. The van der Waals surface area contributed by atoms with E-state index < -0.39 is 0 Å². The summed E-state index contributed by atoms with van der Waals surface area (Å²) in [5.41, 5.74) is 10.3. The number of rotatable bonds is 5.